The summed E-state index contributed by atoms with van der Waals surface area (Å²) in [6.45, 7) is 15.1. The van der Waals surface area contributed by atoms with Gasteiger partial charge in [-0.15, -0.1) is 0 Å². The number of carboxylic acids is 1. The van der Waals surface area contributed by atoms with Crippen LogP contribution in [-0.2, 0) is 30.5 Å². The van der Waals surface area contributed by atoms with E-state index in [4.69, 9.17) is 21.9 Å². The molecule has 3 rings (SSSR count). The molecule has 1 aromatic heterocycles. The number of fused-ring (bicyclic) bond motifs is 3. The molecule has 3 unspecified atom stereocenters. The highest BCUT2D eigenvalue weighted by Crippen LogP contribution is 2.30. The molecule has 3 aromatic rings. The molecule has 298 valence electrons. The zero-order chi connectivity index (χ0) is 40.7. The molecule has 0 bridgehead atoms. The molecule has 0 spiro atoms. The first-order valence-electron chi connectivity index (χ1n) is 18.2. The van der Waals surface area contributed by atoms with Crippen LogP contribution in [0.2, 0.25) is 0 Å². The lowest BCUT2D eigenvalue weighted by Crippen LogP contribution is -2.56. The standard InChI is InChI=1S/C24H45N7O7.C14H14N2/c1-13(2)11-16(30-20(34)18(14(3)4)31-23(37)38-24(5,6)7)19(33)28-12-17(32)29-15(21(35)36)9-8-10-27-22(25)26;1-2-16-13-6-4-3-5-11(13)12-9-10(15)7-8-14(12)16/h13-16,18H,8-12H2,1-7H3,(H,28,33)(H,29,32)(H,30,34)(H,31,37)(H,35,36)(H4,25,26,27);3-9H,2,15H2,1H3. The van der Waals surface area contributed by atoms with Gasteiger partial charge in [0.05, 0.1) is 6.54 Å². The van der Waals surface area contributed by atoms with Crippen molar-refractivity contribution in [2.45, 2.75) is 105 Å². The molecule has 11 N–H and O–H groups in total. The van der Waals surface area contributed by atoms with Gasteiger partial charge in [-0.05, 0) is 83.1 Å². The highest BCUT2D eigenvalue weighted by molar-refractivity contribution is 6.09. The minimum atomic E-state index is -1.24. The van der Waals surface area contributed by atoms with E-state index in [1.54, 1.807) is 34.6 Å². The first-order valence-corrected chi connectivity index (χ1v) is 18.2. The molecule has 54 heavy (non-hydrogen) atoms. The number of anilines is 1. The highest BCUT2D eigenvalue weighted by Gasteiger charge is 2.31. The number of amides is 4. The number of hydrogen-bond acceptors (Lipinski definition) is 8. The van der Waals surface area contributed by atoms with E-state index in [1.807, 2.05) is 19.9 Å². The average molecular weight is 754 g/mol. The number of carbonyl (C=O) groups is 5. The van der Waals surface area contributed by atoms with Crippen molar-refractivity contribution < 1.29 is 33.8 Å². The molecule has 0 saturated carbocycles. The number of aliphatic imine (C=N–C) groups is 1. The average Bonchev–Trinajstić information content (AvgIpc) is 3.38. The molecule has 16 nitrogen and oxygen atoms in total. The van der Waals surface area contributed by atoms with Gasteiger partial charge in [0.25, 0.3) is 0 Å². The maximum Gasteiger partial charge on any atom is 0.408 e. The summed E-state index contributed by atoms with van der Waals surface area (Å²) in [5.74, 6) is -3.57. The third-order valence-electron chi connectivity index (χ3n) is 8.08. The van der Waals surface area contributed by atoms with Crippen molar-refractivity contribution in [2.24, 2.45) is 28.3 Å². The van der Waals surface area contributed by atoms with E-state index < -0.39 is 60.1 Å². The van der Waals surface area contributed by atoms with Gasteiger partial charge in [0, 0.05) is 40.6 Å². The largest absolute Gasteiger partial charge is 0.480 e. The Bertz CT molecular complexity index is 1780. The zero-order valence-corrected chi connectivity index (χ0v) is 32.7. The Morgan fingerprint density at radius 3 is 2.11 bits per heavy atom. The van der Waals surface area contributed by atoms with Gasteiger partial charge in [0.1, 0.15) is 23.7 Å². The molecule has 0 aliphatic carbocycles. The lowest BCUT2D eigenvalue weighted by atomic mass is 10.00. The van der Waals surface area contributed by atoms with E-state index >= 15 is 0 Å². The summed E-state index contributed by atoms with van der Waals surface area (Å²) in [6.07, 6.45) is -0.102. The third kappa shape index (κ3) is 14.5. The minimum Gasteiger partial charge on any atom is -0.480 e. The number of carboxylic acid groups (broad SMARTS) is 1. The number of aliphatic carboxylic acids is 1. The Hall–Kier alpha value is -5.54. The summed E-state index contributed by atoms with van der Waals surface area (Å²) in [7, 11) is 0. The summed E-state index contributed by atoms with van der Waals surface area (Å²) in [5, 5.41) is 21.8. The smallest absolute Gasteiger partial charge is 0.408 e. The molecule has 0 aliphatic rings. The molecule has 4 amide bonds. The molecule has 0 saturated heterocycles. The quantitative estimate of drug-likeness (QED) is 0.0459. The maximum absolute atomic E-state index is 13.0. The number of alkyl carbamates (subject to hydrolysis) is 1. The van der Waals surface area contributed by atoms with E-state index in [9.17, 15) is 29.1 Å². The Morgan fingerprint density at radius 1 is 0.889 bits per heavy atom. The van der Waals surface area contributed by atoms with E-state index in [-0.39, 0.29) is 37.2 Å². The first-order chi connectivity index (χ1) is 25.2. The minimum absolute atomic E-state index is 0.0119. The molecule has 0 aliphatic heterocycles. The number of ether oxygens (including phenoxy) is 1. The lowest BCUT2D eigenvalue weighted by Gasteiger charge is -2.27. The molecule has 1 heterocycles. The van der Waals surface area contributed by atoms with Crippen LogP contribution in [0, 0.1) is 11.8 Å². The number of rotatable bonds is 16. The fourth-order valence-corrected chi connectivity index (χ4v) is 5.64. The van der Waals surface area contributed by atoms with Crippen molar-refractivity contribution in [1.29, 1.82) is 0 Å². The van der Waals surface area contributed by atoms with E-state index in [1.165, 1.54) is 21.8 Å². The Kier molecular flexibility index (Phi) is 17.1. The van der Waals surface area contributed by atoms with Gasteiger partial charge in [0.15, 0.2) is 5.96 Å². The molecular formula is C38H59N9O7. The molecule has 0 radical (unpaired) electrons. The zero-order valence-electron chi connectivity index (χ0n) is 32.7. The van der Waals surface area contributed by atoms with Gasteiger partial charge >= 0.3 is 12.1 Å². The van der Waals surface area contributed by atoms with Crippen LogP contribution in [0.15, 0.2) is 47.5 Å². The number of nitrogen functional groups attached to an aromatic ring is 1. The second kappa shape index (κ2) is 20.6. The van der Waals surface area contributed by atoms with Gasteiger partial charge in [-0.25, -0.2) is 9.59 Å². The highest BCUT2D eigenvalue weighted by atomic mass is 16.6. The van der Waals surface area contributed by atoms with Crippen LogP contribution in [0.3, 0.4) is 0 Å². The summed E-state index contributed by atoms with van der Waals surface area (Å²) in [4.78, 5) is 65.5. The van der Waals surface area contributed by atoms with Crippen LogP contribution in [-0.4, -0.2) is 82.2 Å². The summed E-state index contributed by atoms with van der Waals surface area (Å²) in [6, 6.07) is 11.5. The van der Waals surface area contributed by atoms with Crippen LogP contribution in [0.4, 0.5) is 10.5 Å². The van der Waals surface area contributed by atoms with Gasteiger partial charge < -0.3 is 52.9 Å². The molecule has 16 heteroatoms. The van der Waals surface area contributed by atoms with Crippen LogP contribution in [0.1, 0.15) is 74.7 Å². The van der Waals surface area contributed by atoms with Gasteiger partial charge in [0.2, 0.25) is 17.7 Å². The number of hydrogen-bond donors (Lipinski definition) is 8. The monoisotopic (exact) mass is 753 g/mol. The SMILES string of the molecule is CC(C)CC(NC(=O)C(NC(=O)OC(C)(C)C)C(C)C)C(=O)NCC(=O)NC(CCCN=C(N)N)C(=O)O.CCn1c2ccccc2c2cc(N)ccc21. The van der Waals surface area contributed by atoms with Crippen molar-refractivity contribution in [3.8, 4) is 0 Å². The number of nitrogens with two attached hydrogens (primary N) is 3. The number of aryl methyl sites for hydroxylation is 1. The van der Waals surface area contributed by atoms with Gasteiger partial charge in [-0.2, -0.15) is 0 Å². The second-order valence-electron chi connectivity index (χ2n) is 14.7. The lowest BCUT2D eigenvalue weighted by molar-refractivity contribution is -0.142. The Balaban J connectivity index is 0.000000511. The number of para-hydroxylation sites is 1. The van der Waals surface area contributed by atoms with Crippen molar-refractivity contribution in [3.05, 3.63) is 42.5 Å². The van der Waals surface area contributed by atoms with Crippen molar-refractivity contribution in [3.63, 3.8) is 0 Å². The second-order valence-corrected chi connectivity index (χ2v) is 14.7. The molecule has 0 fully saturated rings. The molecule has 2 aromatic carbocycles. The van der Waals surface area contributed by atoms with Crippen LogP contribution in [0.25, 0.3) is 21.8 Å². The number of carbonyl (C=O) groups excluding carboxylic acids is 4. The van der Waals surface area contributed by atoms with Crippen LogP contribution in [0.5, 0.6) is 0 Å². The molecular weight excluding hydrogens is 694 g/mol. The predicted octanol–water partition coefficient (Wildman–Crippen LogP) is 3.20. The fraction of sp³-hybridized carbons (Fsp3) is 0.526. The maximum atomic E-state index is 13.0. The summed E-state index contributed by atoms with van der Waals surface area (Å²) in [5.41, 5.74) is 18.9. The number of aromatic nitrogens is 1. The van der Waals surface area contributed by atoms with Gasteiger partial charge in [-0.1, -0.05) is 45.9 Å². The number of nitrogens with zero attached hydrogens (tertiary/aromatic N) is 2. The summed E-state index contributed by atoms with van der Waals surface area (Å²) >= 11 is 0. The number of nitrogens with one attached hydrogen (secondary N) is 4. The molecule has 3 atom stereocenters. The van der Waals surface area contributed by atoms with E-state index in [0.29, 0.717) is 6.42 Å². The topological polar surface area (TPSA) is 258 Å². The Labute approximate surface area is 317 Å². The van der Waals surface area contributed by atoms with Crippen LogP contribution < -0.4 is 38.5 Å². The summed E-state index contributed by atoms with van der Waals surface area (Å²) < 4.78 is 7.55. The Morgan fingerprint density at radius 2 is 1.54 bits per heavy atom. The van der Waals surface area contributed by atoms with Crippen LogP contribution >= 0.6 is 0 Å². The van der Waals surface area contributed by atoms with Crippen molar-refractivity contribution in [2.75, 3.05) is 18.8 Å². The predicted molar refractivity (Wildman–Crippen MR) is 211 cm³/mol. The van der Waals surface area contributed by atoms with E-state index in [0.717, 1.165) is 12.2 Å². The van der Waals surface area contributed by atoms with Gasteiger partial charge in [-0.3, -0.25) is 19.4 Å². The van der Waals surface area contributed by atoms with Crippen molar-refractivity contribution >= 4 is 63.2 Å². The third-order valence-corrected chi connectivity index (χ3v) is 8.08. The normalized spacial score (nSPS) is 12.9. The first kappa shape index (κ1) is 44.6. The fourth-order valence-electron chi connectivity index (χ4n) is 5.64. The van der Waals surface area contributed by atoms with Crippen molar-refractivity contribution in [1.82, 2.24) is 25.8 Å². The van der Waals surface area contributed by atoms with E-state index in [2.05, 4.69) is 74.1 Å². The number of benzene rings is 2. The number of guanidine groups is 1.